The second-order valence-corrected chi connectivity index (χ2v) is 5.51. The average molecular weight is 366 g/mol. The lowest BCUT2D eigenvalue weighted by molar-refractivity contribution is -0.149. The fourth-order valence-corrected chi connectivity index (χ4v) is 2.65. The van der Waals surface area contributed by atoms with E-state index in [-0.39, 0.29) is 36.2 Å². The number of aromatic hydroxyl groups is 1. The van der Waals surface area contributed by atoms with Crippen LogP contribution >= 0.6 is 0 Å². The maximum absolute atomic E-state index is 12.5. The van der Waals surface area contributed by atoms with Crippen LogP contribution in [0.1, 0.15) is 11.6 Å². The first kappa shape index (κ1) is 19.4. The first-order chi connectivity index (χ1) is 12.4. The van der Waals surface area contributed by atoms with E-state index in [9.17, 15) is 14.7 Å². The number of hydrogen-bond acceptors (Lipinski definition) is 7. The van der Waals surface area contributed by atoms with Gasteiger partial charge in [0.15, 0.2) is 11.5 Å². The maximum Gasteiger partial charge on any atom is 0.319 e. The topological polar surface area (TPSA) is 115 Å². The number of methoxy groups -OCH3 is 3. The van der Waals surface area contributed by atoms with E-state index in [4.69, 9.17) is 18.9 Å². The Morgan fingerprint density at radius 2 is 1.81 bits per heavy atom. The average Bonchev–Trinajstić information content (AvgIpc) is 2.61. The molecule has 0 aromatic heterocycles. The summed E-state index contributed by atoms with van der Waals surface area (Å²) < 4.78 is 20.3. The minimum absolute atomic E-state index is 0.0714. The highest BCUT2D eigenvalue weighted by Crippen LogP contribution is 2.41. The normalized spacial score (nSPS) is 19.3. The van der Waals surface area contributed by atoms with E-state index in [1.54, 1.807) is 0 Å². The summed E-state index contributed by atoms with van der Waals surface area (Å²) in [4.78, 5) is 24.4. The van der Waals surface area contributed by atoms with Gasteiger partial charge in [-0.25, -0.2) is 4.79 Å². The lowest BCUT2D eigenvalue weighted by atomic mass is 9.88. The molecule has 1 aliphatic heterocycles. The fraction of sp³-hybridized carbons (Fsp3) is 0.412. The maximum atomic E-state index is 12.5. The third kappa shape index (κ3) is 3.99. The van der Waals surface area contributed by atoms with Crippen molar-refractivity contribution in [3.8, 4) is 17.2 Å². The van der Waals surface area contributed by atoms with Crippen LogP contribution in [0.15, 0.2) is 24.4 Å². The van der Waals surface area contributed by atoms with Crippen molar-refractivity contribution >= 4 is 12.0 Å². The molecule has 0 radical (unpaired) electrons. The van der Waals surface area contributed by atoms with Crippen molar-refractivity contribution in [3.05, 3.63) is 30.0 Å². The number of esters is 1. The summed E-state index contributed by atoms with van der Waals surface area (Å²) in [6, 6.07) is 1.73. The highest BCUT2D eigenvalue weighted by molar-refractivity contribution is 5.85. The Morgan fingerprint density at radius 3 is 2.35 bits per heavy atom. The Morgan fingerprint density at radius 1 is 1.19 bits per heavy atom. The minimum atomic E-state index is -0.886. The number of phenols is 1. The number of phenolic OH excluding ortho intramolecular Hbond substituents is 1. The van der Waals surface area contributed by atoms with Crippen LogP contribution in [0.3, 0.4) is 0 Å². The predicted molar refractivity (Wildman–Crippen MR) is 91.1 cm³/mol. The van der Waals surface area contributed by atoms with Crippen molar-refractivity contribution in [3.63, 3.8) is 0 Å². The van der Waals surface area contributed by atoms with Gasteiger partial charge >= 0.3 is 12.0 Å². The lowest BCUT2D eigenvalue weighted by Gasteiger charge is -2.33. The molecule has 1 aliphatic rings. The third-order valence-corrected chi connectivity index (χ3v) is 3.92. The van der Waals surface area contributed by atoms with Gasteiger partial charge in [-0.1, -0.05) is 6.58 Å². The molecular formula is C17H22N2O7. The van der Waals surface area contributed by atoms with E-state index >= 15 is 0 Å². The molecule has 2 atom stereocenters. The van der Waals surface area contributed by atoms with Crippen LogP contribution in [-0.2, 0) is 14.3 Å². The van der Waals surface area contributed by atoms with Gasteiger partial charge in [0.2, 0.25) is 5.75 Å². The van der Waals surface area contributed by atoms with Gasteiger partial charge in [0.25, 0.3) is 0 Å². The van der Waals surface area contributed by atoms with Gasteiger partial charge in [0.1, 0.15) is 12.5 Å². The van der Waals surface area contributed by atoms with Crippen LogP contribution in [0, 0.1) is 5.92 Å². The number of urea groups is 1. The van der Waals surface area contributed by atoms with E-state index in [1.807, 2.05) is 0 Å². The quantitative estimate of drug-likeness (QED) is 0.488. The Hall–Kier alpha value is -2.94. The number of ether oxygens (including phenoxy) is 4. The van der Waals surface area contributed by atoms with Crippen molar-refractivity contribution in [1.29, 1.82) is 0 Å². The lowest BCUT2D eigenvalue weighted by Crippen LogP contribution is -2.51. The molecular weight excluding hydrogens is 344 g/mol. The van der Waals surface area contributed by atoms with Crippen molar-refractivity contribution in [2.45, 2.75) is 6.04 Å². The van der Waals surface area contributed by atoms with E-state index < -0.39 is 24.0 Å². The molecule has 9 nitrogen and oxygen atoms in total. The first-order valence-corrected chi connectivity index (χ1v) is 7.79. The fourth-order valence-electron chi connectivity index (χ4n) is 2.65. The van der Waals surface area contributed by atoms with Gasteiger partial charge in [-0.2, -0.15) is 0 Å². The monoisotopic (exact) mass is 366 g/mol. The van der Waals surface area contributed by atoms with Gasteiger partial charge in [0, 0.05) is 12.8 Å². The molecule has 0 spiro atoms. The van der Waals surface area contributed by atoms with Gasteiger partial charge in [-0.15, -0.1) is 0 Å². The van der Waals surface area contributed by atoms with Gasteiger partial charge in [-0.05, 0) is 17.7 Å². The molecule has 0 bridgehead atoms. The van der Waals surface area contributed by atoms with Crippen LogP contribution in [0.4, 0.5) is 4.79 Å². The molecule has 0 unspecified atom stereocenters. The van der Waals surface area contributed by atoms with Crippen LogP contribution < -0.4 is 20.1 Å². The Balaban J connectivity index is 2.40. The number of amides is 2. The van der Waals surface area contributed by atoms with Crippen molar-refractivity contribution < 1.29 is 33.6 Å². The van der Waals surface area contributed by atoms with Crippen LogP contribution in [-0.4, -0.2) is 51.7 Å². The predicted octanol–water partition coefficient (Wildman–Crippen LogP) is 1.08. The molecule has 1 fully saturated rings. The number of carbonyl (C=O) groups is 2. The number of hydrogen-bond donors (Lipinski definition) is 3. The summed E-state index contributed by atoms with van der Waals surface area (Å²) in [5, 5.41) is 15.2. The Kier molecular flexibility index (Phi) is 6.29. The number of carbonyl (C=O) groups excluding carboxylic acids is 2. The summed E-state index contributed by atoms with van der Waals surface area (Å²) in [6.07, 6.45) is 0. The molecule has 1 saturated heterocycles. The summed E-state index contributed by atoms with van der Waals surface area (Å²) >= 11 is 0. The van der Waals surface area contributed by atoms with Gasteiger partial charge in [0.05, 0.1) is 26.9 Å². The second-order valence-electron chi connectivity index (χ2n) is 5.51. The molecule has 3 N–H and O–H groups in total. The zero-order valence-electron chi connectivity index (χ0n) is 14.8. The molecule has 1 aromatic rings. The highest BCUT2D eigenvalue weighted by Gasteiger charge is 2.39. The smallest absolute Gasteiger partial charge is 0.319 e. The standard InChI is InChI=1S/C17H22N2O7/c1-9-13(16(21)26-6-5-23-2)14(19-17(22)18-9)10-7-11(24-3)15(20)12(8-10)25-4/h7-8,13-14,20H,1,5-6H2,2-4H3,(H2,18,19,22)/t13-,14+/m1/s1. The third-order valence-electron chi connectivity index (χ3n) is 3.92. The van der Waals surface area contributed by atoms with Crippen LogP contribution in [0.5, 0.6) is 17.2 Å². The van der Waals surface area contributed by atoms with Crippen molar-refractivity contribution in [1.82, 2.24) is 10.6 Å². The molecule has 9 heteroatoms. The number of rotatable bonds is 7. The molecule has 1 aromatic carbocycles. The Bertz CT molecular complexity index is 679. The summed E-state index contributed by atoms with van der Waals surface area (Å²) in [7, 11) is 4.26. The van der Waals surface area contributed by atoms with Crippen LogP contribution in [0.2, 0.25) is 0 Å². The number of benzene rings is 1. The second kappa shape index (κ2) is 8.43. The zero-order chi connectivity index (χ0) is 19.3. The SMILES string of the molecule is C=C1NC(=O)N[C@@H](c2cc(OC)c(O)c(OC)c2)[C@@H]1C(=O)OCCOC. The molecule has 2 rings (SSSR count). The van der Waals surface area contributed by atoms with Crippen LogP contribution in [0.25, 0.3) is 0 Å². The Labute approximate surface area is 150 Å². The van der Waals surface area contributed by atoms with Gasteiger partial charge < -0.3 is 34.7 Å². The van der Waals surface area contributed by atoms with E-state index in [0.717, 1.165) is 0 Å². The minimum Gasteiger partial charge on any atom is -0.502 e. The molecule has 1 heterocycles. The van der Waals surface area contributed by atoms with E-state index in [1.165, 1.54) is 33.5 Å². The summed E-state index contributed by atoms with van der Waals surface area (Å²) in [5.41, 5.74) is 0.688. The van der Waals surface area contributed by atoms with Gasteiger partial charge in [-0.3, -0.25) is 4.79 Å². The summed E-state index contributed by atoms with van der Waals surface area (Å²) in [5.74, 6) is -1.36. The highest BCUT2D eigenvalue weighted by atomic mass is 16.6. The zero-order valence-corrected chi connectivity index (χ0v) is 14.8. The molecule has 142 valence electrons. The molecule has 0 aliphatic carbocycles. The van der Waals surface area contributed by atoms with E-state index in [0.29, 0.717) is 5.56 Å². The van der Waals surface area contributed by atoms with E-state index in [2.05, 4.69) is 17.2 Å². The largest absolute Gasteiger partial charge is 0.502 e. The van der Waals surface area contributed by atoms with Crippen molar-refractivity contribution in [2.24, 2.45) is 5.92 Å². The molecule has 0 saturated carbocycles. The summed E-state index contributed by atoms with van der Waals surface area (Å²) in [6.45, 7) is 4.08. The number of nitrogens with one attached hydrogen (secondary N) is 2. The molecule has 26 heavy (non-hydrogen) atoms. The van der Waals surface area contributed by atoms with Crippen molar-refractivity contribution in [2.75, 3.05) is 34.5 Å². The molecule has 2 amide bonds. The first-order valence-electron chi connectivity index (χ1n) is 7.79.